The number of hydrogen-bond acceptors (Lipinski definition) is 3. The molecule has 0 aromatic heterocycles. The fraction of sp³-hybridized carbons (Fsp3) is 0.188. The van der Waals surface area contributed by atoms with Crippen LogP contribution >= 0.6 is 11.6 Å². The molecule has 5 heteroatoms. The second-order valence-corrected chi connectivity index (χ2v) is 5.62. The molecule has 1 aliphatic rings. The summed E-state index contributed by atoms with van der Waals surface area (Å²) in [5.74, 6) is -0.810. The lowest BCUT2D eigenvalue weighted by Gasteiger charge is -2.09. The highest BCUT2D eigenvalue weighted by Gasteiger charge is 2.72. The Balaban J connectivity index is 1.95. The maximum Gasteiger partial charge on any atom is 0.291 e. The van der Waals surface area contributed by atoms with Crippen LogP contribution in [0, 0.1) is 10.1 Å². The van der Waals surface area contributed by atoms with Crippen LogP contribution in [-0.4, -0.2) is 16.2 Å². The summed E-state index contributed by atoms with van der Waals surface area (Å²) in [5.41, 5.74) is -0.374. The van der Waals surface area contributed by atoms with Gasteiger partial charge in [-0.3, -0.25) is 14.9 Å². The molecular formula is C16H12ClNO3. The zero-order valence-electron chi connectivity index (χ0n) is 11.0. The second-order valence-electron chi connectivity index (χ2n) is 5.18. The van der Waals surface area contributed by atoms with E-state index in [2.05, 4.69) is 0 Å². The van der Waals surface area contributed by atoms with Gasteiger partial charge in [-0.25, -0.2) is 0 Å². The first-order valence-electron chi connectivity index (χ1n) is 6.55. The van der Waals surface area contributed by atoms with Gasteiger partial charge in [-0.05, 0) is 29.8 Å². The Hall–Kier alpha value is -2.20. The van der Waals surface area contributed by atoms with Gasteiger partial charge in [0.2, 0.25) is 5.78 Å². The molecule has 1 fully saturated rings. The molecule has 0 radical (unpaired) electrons. The highest BCUT2D eigenvalue weighted by Crippen LogP contribution is 2.55. The molecule has 0 amide bonds. The van der Waals surface area contributed by atoms with Crippen molar-refractivity contribution in [2.45, 2.75) is 17.9 Å². The van der Waals surface area contributed by atoms with Gasteiger partial charge < -0.3 is 0 Å². The number of Topliss-reactive ketones (excluding diaryl/α,β-unsaturated/α-hetero) is 1. The molecule has 1 saturated carbocycles. The van der Waals surface area contributed by atoms with E-state index >= 15 is 0 Å². The highest BCUT2D eigenvalue weighted by atomic mass is 35.5. The summed E-state index contributed by atoms with van der Waals surface area (Å²) in [4.78, 5) is 23.6. The van der Waals surface area contributed by atoms with E-state index in [1.165, 1.54) is 12.1 Å². The van der Waals surface area contributed by atoms with Crippen LogP contribution in [0.4, 0.5) is 0 Å². The Kier molecular flexibility index (Phi) is 3.26. The number of carbonyl (C=O) groups excluding carboxylic acids is 1. The Bertz CT molecular complexity index is 699. The standard InChI is InChI=1S/C16H12ClNO3/c17-13-8-6-12(7-9-13)15(19)16(18(20)21)10-14(16)11-4-2-1-3-5-11/h1-9,14H,10H2/t14-,16-/m0/s1. The minimum absolute atomic E-state index is 0.242. The van der Waals surface area contributed by atoms with Gasteiger partial charge in [-0.1, -0.05) is 41.9 Å². The van der Waals surface area contributed by atoms with E-state index in [0.717, 1.165) is 5.56 Å². The van der Waals surface area contributed by atoms with E-state index in [1.807, 2.05) is 30.3 Å². The molecule has 0 saturated heterocycles. The van der Waals surface area contributed by atoms with Crippen molar-refractivity contribution in [1.29, 1.82) is 0 Å². The quantitative estimate of drug-likeness (QED) is 0.491. The summed E-state index contributed by atoms with van der Waals surface area (Å²) < 4.78 is 0. The van der Waals surface area contributed by atoms with Crippen molar-refractivity contribution in [2.24, 2.45) is 0 Å². The van der Waals surface area contributed by atoms with E-state index < -0.39 is 16.2 Å². The lowest BCUT2D eigenvalue weighted by atomic mass is 9.98. The normalized spacial score (nSPS) is 23.6. The lowest BCUT2D eigenvalue weighted by Crippen LogP contribution is -2.34. The fourth-order valence-electron chi connectivity index (χ4n) is 2.72. The predicted octanol–water partition coefficient (Wildman–Crippen LogP) is 3.73. The van der Waals surface area contributed by atoms with Gasteiger partial charge in [0.15, 0.2) is 0 Å². The molecule has 3 rings (SSSR count). The van der Waals surface area contributed by atoms with Crippen molar-refractivity contribution in [1.82, 2.24) is 0 Å². The molecule has 0 aliphatic heterocycles. The van der Waals surface area contributed by atoms with Crippen LogP contribution in [0.1, 0.15) is 28.3 Å². The number of hydrogen-bond donors (Lipinski definition) is 0. The van der Waals surface area contributed by atoms with Crippen LogP contribution in [-0.2, 0) is 0 Å². The lowest BCUT2D eigenvalue weighted by molar-refractivity contribution is -0.521. The van der Waals surface area contributed by atoms with Crippen LogP contribution in [0.2, 0.25) is 5.02 Å². The topological polar surface area (TPSA) is 60.2 Å². The number of carbonyl (C=O) groups is 1. The molecule has 21 heavy (non-hydrogen) atoms. The van der Waals surface area contributed by atoms with E-state index in [0.29, 0.717) is 10.6 Å². The van der Waals surface area contributed by atoms with Gasteiger partial charge in [0.25, 0.3) is 5.54 Å². The van der Waals surface area contributed by atoms with E-state index in [9.17, 15) is 14.9 Å². The first kappa shape index (κ1) is 13.8. The molecule has 2 aromatic rings. The minimum atomic E-state index is -1.53. The number of nitrogens with zero attached hydrogens (tertiary/aromatic N) is 1. The van der Waals surface area contributed by atoms with Crippen molar-refractivity contribution < 1.29 is 9.72 Å². The molecule has 0 bridgehead atoms. The number of rotatable bonds is 4. The second kappa shape index (κ2) is 4.97. The monoisotopic (exact) mass is 301 g/mol. The number of benzene rings is 2. The molecule has 2 aromatic carbocycles. The third-order valence-corrected chi connectivity index (χ3v) is 4.21. The van der Waals surface area contributed by atoms with Gasteiger partial charge in [-0.2, -0.15) is 0 Å². The maximum absolute atomic E-state index is 12.6. The fourth-order valence-corrected chi connectivity index (χ4v) is 2.84. The summed E-state index contributed by atoms with van der Waals surface area (Å²) in [7, 11) is 0. The van der Waals surface area contributed by atoms with Crippen molar-refractivity contribution >= 4 is 17.4 Å². The summed E-state index contributed by atoms with van der Waals surface area (Å²) in [6.07, 6.45) is 0.242. The van der Waals surface area contributed by atoms with Gasteiger partial charge in [-0.15, -0.1) is 0 Å². The molecule has 0 unspecified atom stereocenters. The summed E-state index contributed by atoms with van der Waals surface area (Å²) in [6.45, 7) is 0. The SMILES string of the molecule is O=C(c1ccc(Cl)cc1)[C@]1([N+](=O)[O-])C[C@H]1c1ccccc1. The summed E-state index contributed by atoms with van der Waals surface area (Å²) in [6, 6.07) is 15.4. The maximum atomic E-state index is 12.6. The minimum Gasteiger partial charge on any atom is -0.286 e. The first-order chi connectivity index (χ1) is 10.1. The Morgan fingerprint density at radius 3 is 2.33 bits per heavy atom. The molecular weight excluding hydrogens is 290 g/mol. The Morgan fingerprint density at radius 1 is 1.14 bits per heavy atom. The van der Waals surface area contributed by atoms with E-state index in [-0.39, 0.29) is 12.3 Å². The van der Waals surface area contributed by atoms with Crippen molar-refractivity contribution in [3.63, 3.8) is 0 Å². The van der Waals surface area contributed by atoms with E-state index in [4.69, 9.17) is 11.6 Å². The van der Waals surface area contributed by atoms with Gasteiger partial charge in [0.1, 0.15) is 0 Å². The van der Waals surface area contributed by atoms with Crippen LogP contribution in [0.25, 0.3) is 0 Å². The number of nitro groups is 1. The van der Waals surface area contributed by atoms with Crippen molar-refractivity contribution in [3.05, 3.63) is 80.9 Å². The Morgan fingerprint density at radius 2 is 1.76 bits per heavy atom. The average Bonchev–Trinajstić information content (AvgIpc) is 3.25. The smallest absolute Gasteiger partial charge is 0.286 e. The zero-order chi connectivity index (χ0) is 15.0. The first-order valence-corrected chi connectivity index (χ1v) is 6.93. The molecule has 106 valence electrons. The number of halogens is 1. The van der Waals surface area contributed by atoms with Crippen molar-refractivity contribution in [2.75, 3.05) is 0 Å². The average molecular weight is 302 g/mol. The third-order valence-electron chi connectivity index (χ3n) is 3.96. The van der Waals surface area contributed by atoms with Crippen LogP contribution in [0.3, 0.4) is 0 Å². The predicted molar refractivity (Wildman–Crippen MR) is 79.3 cm³/mol. The van der Waals surface area contributed by atoms with Crippen LogP contribution < -0.4 is 0 Å². The van der Waals surface area contributed by atoms with Gasteiger partial charge in [0.05, 0.1) is 5.92 Å². The summed E-state index contributed by atoms with van der Waals surface area (Å²) >= 11 is 5.79. The molecule has 4 nitrogen and oxygen atoms in total. The molecule has 0 spiro atoms. The molecule has 0 heterocycles. The van der Waals surface area contributed by atoms with Gasteiger partial charge in [0, 0.05) is 21.9 Å². The summed E-state index contributed by atoms with van der Waals surface area (Å²) in [5, 5.41) is 12.0. The van der Waals surface area contributed by atoms with Crippen LogP contribution in [0.5, 0.6) is 0 Å². The molecule has 1 aliphatic carbocycles. The van der Waals surface area contributed by atoms with Crippen molar-refractivity contribution in [3.8, 4) is 0 Å². The Labute approximate surface area is 126 Å². The molecule has 2 atom stereocenters. The van der Waals surface area contributed by atoms with Crippen LogP contribution in [0.15, 0.2) is 54.6 Å². The van der Waals surface area contributed by atoms with E-state index in [1.54, 1.807) is 12.1 Å². The largest absolute Gasteiger partial charge is 0.291 e. The highest BCUT2D eigenvalue weighted by molar-refractivity contribution is 6.30. The van der Waals surface area contributed by atoms with Gasteiger partial charge >= 0.3 is 0 Å². The number of ketones is 1. The third kappa shape index (κ3) is 2.21. The molecule has 0 N–H and O–H groups in total. The zero-order valence-corrected chi connectivity index (χ0v) is 11.8.